The number of piperidine rings is 1. The van der Waals surface area contributed by atoms with Crippen LogP contribution < -0.4 is 4.74 Å². The van der Waals surface area contributed by atoms with Gasteiger partial charge in [-0.1, -0.05) is 32.0 Å². The monoisotopic (exact) mass is 500 g/mol. The van der Waals surface area contributed by atoms with E-state index in [9.17, 15) is 18.7 Å². The van der Waals surface area contributed by atoms with Crippen LogP contribution in [0.3, 0.4) is 0 Å². The van der Waals surface area contributed by atoms with Crippen LogP contribution in [0.1, 0.15) is 56.3 Å². The first-order valence-corrected chi connectivity index (χ1v) is 13.2. The number of carbonyl (C=O) groups excluding carboxylic acids is 1. The molecule has 0 radical (unpaired) electrons. The number of aliphatic hydroxyl groups is 1. The maximum absolute atomic E-state index is 14.9. The lowest BCUT2D eigenvalue weighted by atomic mass is 9.94. The minimum Gasteiger partial charge on any atom is -0.493 e. The highest BCUT2D eigenvalue weighted by Gasteiger charge is 2.30. The van der Waals surface area contributed by atoms with Crippen molar-refractivity contribution in [1.82, 2.24) is 9.80 Å². The van der Waals surface area contributed by atoms with Gasteiger partial charge in [0.2, 0.25) is 0 Å². The van der Waals surface area contributed by atoms with E-state index in [1.807, 2.05) is 38.1 Å². The van der Waals surface area contributed by atoms with E-state index in [1.54, 1.807) is 17.0 Å². The summed E-state index contributed by atoms with van der Waals surface area (Å²) in [6.45, 7) is 7.54. The van der Waals surface area contributed by atoms with Crippen molar-refractivity contribution in [1.29, 1.82) is 0 Å². The van der Waals surface area contributed by atoms with Crippen molar-refractivity contribution in [2.24, 2.45) is 5.92 Å². The minimum atomic E-state index is -1.09. The molecule has 196 valence electrons. The number of amides is 1. The molecule has 2 heterocycles. The van der Waals surface area contributed by atoms with E-state index >= 15 is 0 Å². The Morgan fingerprint density at radius 3 is 2.33 bits per heavy atom. The Kier molecular flexibility index (Phi) is 8.62. The number of alkyl halides is 1. The van der Waals surface area contributed by atoms with Gasteiger partial charge in [-0.2, -0.15) is 0 Å². The fourth-order valence-electron chi connectivity index (χ4n) is 5.12. The highest BCUT2D eigenvalue weighted by atomic mass is 19.1. The van der Waals surface area contributed by atoms with Crippen molar-refractivity contribution >= 4 is 5.91 Å². The lowest BCUT2D eigenvalue weighted by Gasteiger charge is -2.36. The Morgan fingerprint density at radius 1 is 1.06 bits per heavy atom. The molecule has 0 aliphatic carbocycles. The molecule has 2 aliphatic rings. The van der Waals surface area contributed by atoms with E-state index in [1.165, 1.54) is 6.07 Å². The lowest BCUT2D eigenvalue weighted by molar-refractivity contribution is 0.0568. The zero-order valence-electron chi connectivity index (χ0n) is 21.4. The van der Waals surface area contributed by atoms with Gasteiger partial charge in [-0.3, -0.25) is 4.79 Å². The average Bonchev–Trinajstić information content (AvgIpc) is 3.34. The van der Waals surface area contributed by atoms with E-state index in [2.05, 4.69) is 4.90 Å². The highest BCUT2D eigenvalue weighted by molar-refractivity contribution is 5.95. The molecule has 0 bridgehead atoms. The summed E-state index contributed by atoms with van der Waals surface area (Å²) in [4.78, 5) is 16.4. The van der Waals surface area contributed by atoms with E-state index < -0.39 is 17.6 Å². The zero-order valence-corrected chi connectivity index (χ0v) is 21.4. The molecule has 2 fully saturated rings. The van der Waals surface area contributed by atoms with E-state index in [4.69, 9.17) is 4.74 Å². The van der Waals surface area contributed by atoms with Crippen molar-refractivity contribution in [3.05, 3.63) is 53.8 Å². The van der Waals surface area contributed by atoms with Crippen LogP contribution in [0.15, 0.2) is 42.5 Å². The summed E-state index contributed by atoms with van der Waals surface area (Å²) in [5.41, 5.74) is 0.343. The van der Waals surface area contributed by atoms with E-state index in [0.717, 1.165) is 31.7 Å². The van der Waals surface area contributed by atoms with Crippen LogP contribution in [-0.2, 0) is 0 Å². The Balaban J connectivity index is 1.28. The van der Waals surface area contributed by atoms with Gasteiger partial charge in [-0.05, 0) is 80.9 Å². The molecule has 7 heteroatoms. The third-order valence-electron chi connectivity index (χ3n) is 7.80. The van der Waals surface area contributed by atoms with E-state index in [0.29, 0.717) is 62.5 Å². The number of aliphatic hydroxyl groups excluding tert-OH is 1. The predicted molar refractivity (Wildman–Crippen MR) is 137 cm³/mol. The number of rotatable bonds is 9. The molecule has 36 heavy (non-hydrogen) atoms. The van der Waals surface area contributed by atoms with Gasteiger partial charge in [0.15, 0.2) is 0 Å². The molecule has 5 nitrogen and oxygen atoms in total. The van der Waals surface area contributed by atoms with Crippen molar-refractivity contribution in [3.63, 3.8) is 0 Å². The van der Waals surface area contributed by atoms with Crippen LogP contribution in [0.2, 0.25) is 0 Å². The summed E-state index contributed by atoms with van der Waals surface area (Å²) < 4.78 is 35.6. The second-order valence-electron chi connectivity index (χ2n) is 10.3. The second-order valence-corrected chi connectivity index (χ2v) is 10.3. The minimum absolute atomic E-state index is 0.258. The molecule has 4 rings (SSSR count). The van der Waals surface area contributed by atoms with E-state index in [-0.39, 0.29) is 11.5 Å². The number of benzene rings is 2. The maximum atomic E-state index is 14.9. The van der Waals surface area contributed by atoms with Crippen LogP contribution >= 0.6 is 0 Å². The van der Waals surface area contributed by atoms with Crippen molar-refractivity contribution in [2.45, 2.75) is 57.7 Å². The topological polar surface area (TPSA) is 53.0 Å². The number of likely N-dealkylation sites (tertiary alicyclic amines) is 2. The summed E-state index contributed by atoms with van der Waals surface area (Å²) >= 11 is 0. The maximum Gasteiger partial charge on any atom is 0.254 e. The molecule has 0 spiro atoms. The van der Waals surface area contributed by atoms with Gasteiger partial charge in [0.25, 0.3) is 5.91 Å². The summed E-state index contributed by atoms with van der Waals surface area (Å²) in [6.07, 6.45) is 3.14. The largest absolute Gasteiger partial charge is 0.493 e. The number of β-amino-alcohol motifs (C(OH)–C–C–N with tert-alkyl or cyclic N) is 1. The summed E-state index contributed by atoms with van der Waals surface area (Å²) in [5.74, 6) is 0.467. The van der Waals surface area contributed by atoms with Gasteiger partial charge in [0.05, 0.1) is 12.7 Å². The predicted octanol–water partition coefficient (Wildman–Crippen LogP) is 5.32. The molecule has 2 aromatic rings. The molecule has 0 saturated carbocycles. The fraction of sp³-hybridized carbons (Fsp3) is 0.552. The van der Waals surface area contributed by atoms with Crippen molar-refractivity contribution in [2.75, 3.05) is 39.3 Å². The third-order valence-corrected chi connectivity index (χ3v) is 7.80. The Bertz CT molecular complexity index is 1020. The molecule has 1 N–H and O–H groups in total. The molecule has 1 amide bonds. The number of hydrogen-bond donors (Lipinski definition) is 1. The van der Waals surface area contributed by atoms with Gasteiger partial charge in [-0.25, -0.2) is 8.78 Å². The summed E-state index contributed by atoms with van der Waals surface area (Å²) in [5, 5.41) is 9.65. The van der Waals surface area contributed by atoms with Crippen molar-refractivity contribution < 1.29 is 23.4 Å². The molecule has 1 unspecified atom stereocenters. The first-order chi connectivity index (χ1) is 17.3. The van der Waals surface area contributed by atoms with Gasteiger partial charge in [0, 0.05) is 30.8 Å². The summed E-state index contributed by atoms with van der Waals surface area (Å²) in [7, 11) is 0. The molecule has 2 aromatic carbocycles. The quantitative estimate of drug-likeness (QED) is 0.507. The molecular weight excluding hydrogens is 462 g/mol. The molecule has 0 aromatic heterocycles. The fourth-order valence-corrected chi connectivity index (χ4v) is 5.12. The Morgan fingerprint density at radius 2 is 1.75 bits per heavy atom. The standard InChI is InChI=1S/C29H38F2N2O3/c1-3-29(31,4-2)20-32-14-11-21(12-15-32)19-36-25-8-5-22(6-9-25)26-10-7-23(17-27(26)30)28(35)33-16-13-24(34)18-33/h5-10,17,21,24,34H,3-4,11-16,18-20H2,1-2H3. The van der Waals surface area contributed by atoms with Crippen LogP contribution in [0.25, 0.3) is 11.1 Å². The number of nitrogens with zero attached hydrogens (tertiary/aromatic N) is 2. The molecule has 2 saturated heterocycles. The van der Waals surface area contributed by atoms with Crippen molar-refractivity contribution in [3.8, 4) is 16.9 Å². The first-order valence-electron chi connectivity index (χ1n) is 13.2. The summed E-state index contributed by atoms with van der Waals surface area (Å²) in [6, 6.07) is 11.9. The van der Waals surface area contributed by atoms with Gasteiger partial charge in [0.1, 0.15) is 17.2 Å². The van der Waals surface area contributed by atoms with Crippen LogP contribution in [0.4, 0.5) is 8.78 Å². The number of carbonyl (C=O) groups is 1. The smallest absolute Gasteiger partial charge is 0.254 e. The Hall–Kier alpha value is -2.51. The third kappa shape index (κ3) is 6.43. The number of halogens is 2. The highest BCUT2D eigenvalue weighted by Crippen LogP contribution is 2.28. The molecule has 1 atom stereocenters. The van der Waals surface area contributed by atoms with Gasteiger partial charge >= 0.3 is 0 Å². The van der Waals surface area contributed by atoms with Gasteiger partial charge < -0.3 is 19.6 Å². The Labute approximate surface area is 213 Å². The number of hydrogen-bond acceptors (Lipinski definition) is 4. The normalized spacial score (nSPS) is 19.6. The SMILES string of the molecule is CCC(F)(CC)CN1CCC(COc2ccc(-c3ccc(C(=O)N4CCC(O)C4)cc3F)cc2)CC1. The molecule has 2 aliphatic heterocycles. The zero-order chi connectivity index (χ0) is 25.7. The number of ether oxygens (including phenoxy) is 1. The van der Waals surface area contributed by atoms with Crippen LogP contribution in [-0.4, -0.2) is 71.9 Å². The first kappa shape index (κ1) is 26.6. The van der Waals surface area contributed by atoms with Crippen LogP contribution in [0, 0.1) is 11.7 Å². The van der Waals surface area contributed by atoms with Crippen LogP contribution in [0.5, 0.6) is 5.75 Å². The second kappa shape index (κ2) is 11.7. The van der Waals surface area contributed by atoms with Gasteiger partial charge in [-0.15, -0.1) is 0 Å². The lowest BCUT2D eigenvalue weighted by Crippen LogP contribution is -2.44. The molecular formula is C29H38F2N2O3. The average molecular weight is 501 g/mol.